The van der Waals surface area contributed by atoms with Gasteiger partial charge in [-0.05, 0) is 102 Å². The van der Waals surface area contributed by atoms with Gasteiger partial charge in [-0.2, -0.15) is 5.26 Å². The average molecular weight is 574 g/mol. The van der Waals surface area contributed by atoms with Gasteiger partial charge in [0.1, 0.15) is 11.4 Å². The molecule has 3 saturated carbocycles. The van der Waals surface area contributed by atoms with Gasteiger partial charge in [0.05, 0.1) is 11.6 Å². The van der Waals surface area contributed by atoms with E-state index in [1.54, 1.807) is 55.1 Å². The summed E-state index contributed by atoms with van der Waals surface area (Å²) >= 11 is 0. The number of nitriles is 1. The summed E-state index contributed by atoms with van der Waals surface area (Å²) in [5.74, 6) is 2.59. The van der Waals surface area contributed by atoms with Crippen LogP contribution in [0.15, 0.2) is 85.2 Å². The number of aromatic nitrogens is 2. The smallest absolute Gasteiger partial charge is 0.254 e. The Labute approximate surface area is 254 Å². The van der Waals surface area contributed by atoms with Gasteiger partial charge in [-0.25, -0.2) is 0 Å². The molecule has 2 bridgehead atoms. The molecule has 3 aromatic rings. The van der Waals surface area contributed by atoms with Gasteiger partial charge < -0.3 is 5.32 Å². The first kappa shape index (κ1) is 28.8. The second-order valence-corrected chi connectivity index (χ2v) is 13.2. The Kier molecular flexibility index (Phi) is 7.64. The van der Waals surface area contributed by atoms with Crippen LogP contribution in [0.4, 0.5) is 0 Å². The third kappa shape index (κ3) is 5.35. The molecule has 1 amide bonds. The summed E-state index contributed by atoms with van der Waals surface area (Å²) in [5, 5.41) is 12.8. The van der Waals surface area contributed by atoms with E-state index in [2.05, 4.69) is 42.1 Å². The highest BCUT2D eigenvalue weighted by molar-refractivity contribution is 6.06. The number of nitrogens with one attached hydrogen (secondary N) is 1. The molecule has 7 rings (SSSR count). The number of pyridine rings is 2. The van der Waals surface area contributed by atoms with Crippen LogP contribution in [0, 0.1) is 40.4 Å². The fraction of sp³-hybridized carbons (Fsp3) is 0.417. The van der Waals surface area contributed by atoms with E-state index in [0.29, 0.717) is 65.4 Å². The van der Waals surface area contributed by atoms with Crippen molar-refractivity contribution in [1.29, 1.82) is 5.26 Å². The number of hydrogen-bond acceptors (Lipinski definition) is 6. The van der Waals surface area contributed by atoms with E-state index in [1.165, 1.54) is 6.42 Å². The SMILES string of the molecule is CCC1C(CN2C(=O)C(Cc3ccncc3)(Cc3ccncc3)N/C2=C\C(=O)c2ccc(C#N)cc2)CC2CC1C2(C)C. The molecular formula is C36H39N5O2. The van der Waals surface area contributed by atoms with Crippen LogP contribution in [-0.4, -0.2) is 38.6 Å². The Morgan fingerprint density at radius 1 is 1.00 bits per heavy atom. The molecule has 4 aliphatic rings. The van der Waals surface area contributed by atoms with Crippen molar-refractivity contribution >= 4 is 11.7 Å². The monoisotopic (exact) mass is 573 g/mol. The number of benzene rings is 1. The van der Waals surface area contributed by atoms with Crippen molar-refractivity contribution in [1.82, 2.24) is 20.2 Å². The highest BCUT2D eigenvalue weighted by Crippen LogP contribution is 2.64. The number of nitrogens with zero attached hydrogens (tertiary/aromatic N) is 4. The Morgan fingerprint density at radius 3 is 2.14 bits per heavy atom. The molecule has 1 N–H and O–H groups in total. The highest BCUT2D eigenvalue weighted by Gasteiger charge is 2.58. The first-order valence-corrected chi connectivity index (χ1v) is 15.4. The van der Waals surface area contributed by atoms with E-state index in [9.17, 15) is 14.9 Å². The van der Waals surface area contributed by atoms with E-state index in [1.807, 2.05) is 29.2 Å². The molecule has 1 aromatic carbocycles. The Morgan fingerprint density at radius 2 is 1.60 bits per heavy atom. The molecule has 4 fully saturated rings. The first-order valence-electron chi connectivity index (χ1n) is 15.4. The van der Waals surface area contributed by atoms with Crippen molar-refractivity contribution < 1.29 is 9.59 Å². The van der Waals surface area contributed by atoms with E-state index in [4.69, 9.17) is 0 Å². The molecule has 220 valence electrons. The number of amides is 1. The molecular weight excluding hydrogens is 534 g/mol. The summed E-state index contributed by atoms with van der Waals surface area (Å²) in [6, 6.07) is 16.5. The van der Waals surface area contributed by atoms with Crippen molar-refractivity contribution in [3.8, 4) is 6.07 Å². The molecule has 3 heterocycles. The largest absolute Gasteiger partial charge is 0.357 e. The summed E-state index contributed by atoms with van der Waals surface area (Å²) in [7, 11) is 0. The zero-order chi connectivity index (χ0) is 30.2. The number of hydrogen-bond donors (Lipinski definition) is 1. The molecule has 0 spiro atoms. The van der Waals surface area contributed by atoms with Gasteiger partial charge in [-0.1, -0.05) is 27.2 Å². The minimum atomic E-state index is -0.974. The van der Waals surface area contributed by atoms with Crippen LogP contribution >= 0.6 is 0 Å². The number of rotatable bonds is 9. The lowest BCUT2D eigenvalue weighted by Crippen LogP contribution is -2.57. The van der Waals surface area contributed by atoms with Crippen molar-refractivity contribution in [2.75, 3.05) is 6.54 Å². The van der Waals surface area contributed by atoms with Crippen LogP contribution in [0.3, 0.4) is 0 Å². The van der Waals surface area contributed by atoms with E-state index < -0.39 is 5.54 Å². The van der Waals surface area contributed by atoms with Crippen molar-refractivity contribution in [3.05, 3.63) is 107 Å². The number of ketones is 1. The Bertz CT molecular complexity index is 1520. The summed E-state index contributed by atoms with van der Waals surface area (Å²) in [4.78, 5) is 38.6. The van der Waals surface area contributed by atoms with Crippen LogP contribution in [0.1, 0.15) is 67.1 Å². The third-order valence-electron chi connectivity index (χ3n) is 10.5. The standard InChI is InChI=1S/C36H39N5O2/c1-4-30-28(17-29-18-31(30)35(29,2)3)23-41-33(19-32(42)27-7-5-26(22-37)6-8-27)40-36(34(41)43,20-24-9-13-38-14-10-24)21-25-11-15-39-16-12-25/h5-16,19,28-31,40H,4,17-18,20-21,23H2,1-3H3/b33-19+. The van der Waals surface area contributed by atoms with Crippen LogP contribution < -0.4 is 5.32 Å². The molecule has 3 aliphatic carbocycles. The minimum Gasteiger partial charge on any atom is -0.357 e. The van der Waals surface area contributed by atoms with Gasteiger partial charge >= 0.3 is 0 Å². The lowest BCUT2D eigenvalue weighted by molar-refractivity contribution is -0.146. The van der Waals surface area contributed by atoms with Gasteiger partial charge in [0.15, 0.2) is 5.78 Å². The predicted octanol–water partition coefficient (Wildman–Crippen LogP) is 5.74. The fourth-order valence-corrected chi connectivity index (χ4v) is 8.06. The quantitative estimate of drug-likeness (QED) is 0.259. The fourth-order valence-electron chi connectivity index (χ4n) is 8.06. The van der Waals surface area contributed by atoms with Gasteiger partial charge in [-0.15, -0.1) is 0 Å². The molecule has 2 aromatic heterocycles. The van der Waals surface area contributed by atoms with E-state index in [-0.39, 0.29) is 11.7 Å². The molecule has 4 atom stereocenters. The van der Waals surface area contributed by atoms with Crippen LogP contribution in [-0.2, 0) is 17.6 Å². The topological polar surface area (TPSA) is 99.0 Å². The lowest BCUT2D eigenvalue weighted by atomic mass is 9.43. The summed E-state index contributed by atoms with van der Waals surface area (Å²) in [5.41, 5.74) is 2.35. The van der Waals surface area contributed by atoms with Crippen LogP contribution in [0.2, 0.25) is 0 Å². The number of carbonyl (C=O) groups is 2. The Balaban J connectivity index is 1.39. The number of allylic oxidation sites excluding steroid dienone is 1. The number of fused-ring (bicyclic) bond motifs is 2. The van der Waals surface area contributed by atoms with Crippen molar-refractivity contribution in [2.45, 2.75) is 58.4 Å². The van der Waals surface area contributed by atoms with Gasteiger partial charge in [0, 0.05) is 55.8 Å². The second kappa shape index (κ2) is 11.4. The molecule has 7 heteroatoms. The highest BCUT2D eigenvalue weighted by atomic mass is 16.2. The molecule has 1 saturated heterocycles. The van der Waals surface area contributed by atoms with E-state index in [0.717, 1.165) is 24.0 Å². The predicted molar refractivity (Wildman–Crippen MR) is 164 cm³/mol. The van der Waals surface area contributed by atoms with Gasteiger partial charge in [-0.3, -0.25) is 24.5 Å². The molecule has 0 radical (unpaired) electrons. The van der Waals surface area contributed by atoms with Crippen molar-refractivity contribution in [3.63, 3.8) is 0 Å². The van der Waals surface area contributed by atoms with E-state index >= 15 is 0 Å². The minimum absolute atomic E-state index is 0.00615. The van der Waals surface area contributed by atoms with Crippen molar-refractivity contribution in [2.24, 2.45) is 29.1 Å². The summed E-state index contributed by atoms with van der Waals surface area (Å²) in [6.07, 6.45) is 13.0. The molecule has 4 unspecified atom stereocenters. The number of carbonyl (C=O) groups excluding carboxylic acids is 2. The lowest BCUT2D eigenvalue weighted by Gasteiger charge is -2.63. The summed E-state index contributed by atoms with van der Waals surface area (Å²) in [6.45, 7) is 7.68. The summed E-state index contributed by atoms with van der Waals surface area (Å²) < 4.78 is 0. The molecule has 1 aliphatic heterocycles. The zero-order valence-corrected chi connectivity index (χ0v) is 25.2. The van der Waals surface area contributed by atoms with Crippen LogP contribution in [0.5, 0.6) is 0 Å². The normalized spacial score (nSPS) is 26.0. The maximum absolute atomic E-state index is 14.8. The molecule has 43 heavy (non-hydrogen) atoms. The van der Waals surface area contributed by atoms with Gasteiger partial charge in [0.2, 0.25) is 0 Å². The zero-order valence-electron chi connectivity index (χ0n) is 25.2. The van der Waals surface area contributed by atoms with Gasteiger partial charge in [0.25, 0.3) is 5.91 Å². The third-order valence-corrected chi connectivity index (χ3v) is 10.5. The van der Waals surface area contributed by atoms with Crippen LogP contribution in [0.25, 0.3) is 0 Å². The first-order chi connectivity index (χ1) is 20.7. The Hall–Kier alpha value is -4.31. The maximum atomic E-state index is 14.8. The maximum Gasteiger partial charge on any atom is 0.254 e. The molecule has 7 nitrogen and oxygen atoms in total. The average Bonchev–Trinajstić information content (AvgIpc) is 3.26. The second-order valence-electron chi connectivity index (χ2n) is 13.2.